The highest BCUT2D eigenvalue weighted by Gasteiger charge is 2.10. The third kappa shape index (κ3) is 2.93. The van der Waals surface area contributed by atoms with E-state index in [1.165, 1.54) is 0 Å². The Morgan fingerprint density at radius 1 is 1.27 bits per heavy atom. The number of aromatic nitrogens is 2. The van der Waals surface area contributed by atoms with E-state index >= 15 is 0 Å². The lowest BCUT2D eigenvalue weighted by Crippen LogP contribution is -1.96. The fourth-order valence-electron chi connectivity index (χ4n) is 2.35. The quantitative estimate of drug-likeness (QED) is 0.300. The fraction of sp³-hybridized carbons (Fsp3) is 0.250. The molecule has 6 heteroatoms. The lowest BCUT2D eigenvalue weighted by Gasteiger charge is -2.09. The number of fused-ring (bicyclic) bond motifs is 3. The summed E-state index contributed by atoms with van der Waals surface area (Å²) in [6, 6.07) is 9.94. The van der Waals surface area contributed by atoms with Crippen LogP contribution >= 0.6 is 11.8 Å². The number of methoxy groups -OCH3 is 1. The summed E-state index contributed by atoms with van der Waals surface area (Å²) in [5, 5.41) is 5.04. The van der Waals surface area contributed by atoms with Crippen molar-refractivity contribution in [2.24, 2.45) is 5.18 Å². The maximum Gasteiger partial charge on any atom is 0.123 e. The molecule has 0 fully saturated rings. The molecule has 22 heavy (non-hydrogen) atoms. The van der Waals surface area contributed by atoms with Gasteiger partial charge in [-0.3, -0.25) is 4.98 Å². The number of hydrogen-bond acceptors (Lipinski definition) is 6. The number of rotatable bonds is 6. The van der Waals surface area contributed by atoms with Gasteiger partial charge in [0.15, 0.2) is 0 Å². The summed E-state index contributed by atoms with van der Waals surface area (Å²) in [5.74, 6) is 0.837. The zero-order chi connectivity index (χ0) is 15.4. The molecule has 5 nitrogen and oxygen atoms in total. The van der Waals surface area contributed by atoms with Crippen molar-refractivity contribution >= 4 is 33.6 Å². The summed E-state index contributed by atoms with van der Waals surface area (Å²) >= 11 is 1.69. The normalized spacial score (nSPS) is 11.1. The van der Waals surface area contributed by atoms with Gasteiger partial charge in [-0.15, -0.1) is 11.8 Å². The molecule has 0 aliphatic heterocycles. The number of thioether (sulfide) groups is 1. The highest BCUT2D eigenvalue weighted by Crippen LogP contribution is 2.31. The van der Waals surface area contributed by atoms with E-state index in [1.807, 2.05) is 24.3 Å². The molecule has 0 saturated carbocycles. The van der Waals surface area contributed by atoms with Gasteiger partial charge in [0, 0.05) is 34.7 Å². The van der Waals surface area contributed by atoms with Crippen molar-refractivity contribution < 1.29 is 4.74 Å². The summed E-state index contributed by atoms with van der Waals surface area (Å²) in [4.78, 5) is 20.7. The average molecular weight is 313 g/mol. The van der Waals surface area contributed by atoms with Gasteiger partial charge in [0.25, 0.3) is 0 Å². The molecular weight excluding hydrogens is 298 g/mol. The van der Waals surface area contributed by atoms with Crippen LogP contribution in [0.3, 0.4) is 0 Å². The van der Waals surface area contributed by atoms with Crippen LogP contribution in [-0.2, 0) is 11.3 Å². The maximum atomic E-state index is 10.6. The van der Waals surface area contributed by atoms with Crippen molar-refractivity contribution in [3.63, 3.8) is 0 Å². The van der Waals surface area contributed by atoms with Crippen molar-refractivity contribution in [1.29, 1.82) is 0 Å². The zero-order valence-corrected chi connectivity index (χ0v) is 13.0. The minimum absolute atomic E-state index is 0.0665. The molecule has 2 aromatic heterocycles. The van der Waals surface area contributed by atoms with E-state index in [1.54, 1.807) is 25.1 Å². The second-order valence-corrected chi connectivity index (χ2v) is 5.91. The van der Waals surface area contributed by atoms with Crippen LogP contribution in [0.15, 0.2) is 46.6 Å². The predicted molar refractivity (Wildman–Crippen MR) is 89.1 cm³/mol. The van der Waals surface area contributed by atoms with Gasteiger partial charge in [0.2, 0.25) is 0 Å². The standard InChI is InChI=1S/C16H15N3O2S/c1-21-7-8-22-14-9-12(10-18-20)19-16-13(14)5-4-11-3-2-6-17-15(11)16/h2-6,9H,7-8,10H2,1H3. The van der Waals surface area contributed by atoms with E-state index in [2.05, 4.69) is 21.2 Å². The van der Waals surface area contributed by atoms with Gasteiger partial charge >= 0.3 is 0 Å². The summed E-state index contributed by atoms with van der Waals surface area (Å²) in [5.41, 5.74) is 2.33. The van der Waals surface area contributed by atoms with Gasteiger partial charge in [0.1, 0.15) is 6.54 Å². The van der Waals surface area contributed by atoms with Gasteiger partial charge in [-0.1, -0.05) is 23.4 Å². The molecule has 0 N–H and O–H groups in total. The third-order valence-corrected chi connectivity index (χ3v) is 4.36. The second kappa shape index (κ2) is 6.81. The van der Waals surface area contributed by atoms with Crippen molar-refractivity contribution in [3.05, 3.63) is 47.1 Å². The van der Waals surface area contributed by atoms with Crippen LogP contribution in [0.2, 0.25) is 0 Å². The van der Waals surface area contributed by atoms with Crippen molar-refractivity contribution in [2.45, 2.75) is 11.4 Å². The average Bonchev–Trinajstić information content (AvgIpc) is 2.55. The van der Waals surface area contributed by atoms with E-state index in [4.69, 9.17) is 4.74 Å². The molecule has 0 aliphatic rings. The Bertz CT molecular complexity index is 823. The molecule has 0 aliphatic carbocycles. The topological polar surface area (TPSA) is 64.4 Å². The lowest BCUT2D eigenvalue weighted by atomic mass is 10.1. The van der Waals surface area contributed by atoms with Crippen LogP contribution < -0.4 is 0 Å². The number of nitrogens with zero attached hydrogens (tertiary/aromatic N) is 3. The Labute approximate surface area is 132 Å². The van der Waals surface area contributed by atoms with Crippen LogP contribution in [-0.4, -0.2) is 29.4 Å². The van der Waals surface area contributed by atoms with Crippen molar-refractivity contribution in [3.8, 4) is 0 Å². The number of ether oxygens (including phenoxy) is 1. The first-order valence-electron chi connectivity index (χ1n) is 6.91. The second-order valence-electron chi connectivity index (χ2n) is 4.78. The van der Waals surface area contributed by atoms with Gasteiger partial charge in [-0.25, -0.2) is 4.98 Å². The van der Waals surface area contributed by atoms with Gasteiger partial charge in [0.05, 0.1) is 23.3 Å². The molecule has 0 radical (unpaired) electrons. The first-order chi connectivity index (χ1) is 10.8. The molecule has 1 aromatic carbocycles. The number of hydrogen-bond donors (Lipinski definition) is 0. The van der Waals surface area contributed by atoms with Crippen LogP contribution in [0.5, 0.6) is 0 Å². The summed E-state index contributed by atoms with van der Waals surface area (Å²) in [7, 11) is 1.68. The molecule has 2 heterocycles. The van der Waals surface area contributed by atoms with Crippen LogP contribution in [0.25, 0.3) is 21.8 Å². The van der Waals surface area contributed by atoms with Crippen LogP contribution in [0.4, 0.5) is 0 Å². The summed E-state index contributed by atoms with van der Waals surface area (Å²) < 4.78 is 5.11. The molecule has 0 saturated heterocycles. The minimum Gasteiger partial charge on any atom is -0.384 e. The molecule has 112 valence electrons. The maximum absolute atomic E-state index is 10.6. The highest BCUT2D eigenvalue weighted by molar-refractivity contribution is 7.99. The first-order valence-corrected chi connectivity index (χ1v) is 7.90. The predicted octanol–water partition coefficient (Wildman–Crippen LogP) is 3.79. The van der Waals surface area contributed by atoms with E-state index in [9.17, 15) is 4.91 Å². The Balaban J connectivity index is 2.19. The third-order valence-electron chi connectivity index (χ3n) is 3.34. The largest absolute Gasteiger partial charge is 0.384 e. The molecule has 0 spiro atoms. The number of nitroso groups, excluding NO2 is 1. The number of pyridine rings is 2. The summed E-state index contributed by atoms with van der Waals surface area (Å²) in [6.45, 7) is 0.735. The Kier molecular flexibility index (Phi) is 4.60. The van der Waals surface area contributed by atoms with Gasteiger partial charge in [-0.2, -0.15) is 4.91 Å². The zero-order valence-electron chi connectivity index (χ0n) is 12.2. The molecule has 3 aromatic rings. The molecular formula is C16H15N3O2S. The monoisotopic (exact) mass is 313 g/mol. The molecule has 0 unspecified atom stereocenters. The molecule has 0 atom stereocenters. The van der Waals surface area contributed by atoms with Crippen molar-refractivity contribution in [2.75, 3.05) is 19.5 Å². The first kappa shape index (κ1) is 14.9. The van der Waals surface area contributed by atoms with Crippen LogP contribution in [0, 0.1) is 4.91 Å². The minimum atomic E-state index is 0.0665. The Hall–Kier alpha value is -2.05. The van der Waals surface area contributed by atoms with Crippen molar-refractivity contribution in [1.82, 2.24) is 9.97 Å². The van der Waals surface area contributed by atoms with E-state index < -0.39 is 0 Å². The summed E-state index contributed by atoms with van der Waals surface area (Å²) in [6.07, 6.45) is 1.76. The van der Waals surface area contributed by atoms with E-state index in [-0.39, 0.29) is 6.54 Å². The van der Waals surface area contributed by atoms with E-state index in [0.29, 0.717) is 12.3 Å². The smallest absolute Gasteiger partial charge is 0.123 e. The fourth-order valence-corrected chi connectivity index (χ4v) is 3.36. The van der Waals surface area contributed by atoms with Gasteiger partial charge < -0.3 is 4.74 Å². The van der Waals surface area contributed by atoms with E-state index in [0.717, 1.165) is 32.5 Å². The Morgan fingerprint density at radius 2 is 2.18 bits per heavy atom. The lowest BCUT2D eigenvalue weighted by molar-refractivity contribution is 0.218. The number of benzene rings is 1. The van der Waals surface area contributed by atoms with Gasteiger partial charge in [-0.05, 0) is 12.1 Å². The molecule has 0 bridgehead atoms. The Morgan fingerprint density at radius 3 is 3.00 bits per heavy atom. The molecule has 3 rings (SSSR count). The SMILES string of the molecule is COCCSc1cc(CN=O)nc2c1ccc1cccnc12. The van der Waals surface area contributed by atoms with Crippen LogP contribution in [0.1, 0.15) is 5.69 Å². The molecule has 0 amide bonds. The highest BCUT2D eigenvalue weighted by atomic mass is 32.2.